The quantitative estimate of drug-likeness (QED) is 0.453. The first-order valence-corrected chi connectivity index (χ1v) is 9.25. The molecular formula is C23H22N2O4. The Hall–Kier alpha value is -3.67. The molecule has 3 aromatic rings. The van der Waals surface area contributed by atoms with Crippen molar-refractivity contribution in [3.8, 4) is 0 Å². The molecular weight excluding hydrogens is 368 g/mol. The lowest BCUT2D eigenvalue weighted by atomic mass is 10.1. The fraction of sp³-hybridized carbons (Fsp3) is 0.174. The number of ether oxygens (including phenoxy) is 2. The highest BCUT2D eigenvalue weighted by Gasteiger charge is 2.19. The zero-order valence-corrected chi connectivity index (χ0v) is 16.4. The predicted octanol–water partition coefficient (Wildman–Crippen LogP) is 3.82. The lowest BCUT2D eigenvalue weighted by Crippen LogP contribution is -2.12. The second-order valence-corrected chi connectivity index (χ2v) is 6.26. The van der Waals surface area contributed by atoms with Gasteiger partial charge in [0, 0.05) is 18.9 Å². The van der Waals surface area contributed by atoms with E-state index < -0.39 is 11.9 Å². The molecule has 2 aromatic carbocycles. The zero-order chi connectivity index (χ0) is 20.6. The van der Waals surface area contributed by atoms with Gasteiger partial charge < -0.3 is 14.0 Å². The average molecular weight is 390 g/mol. The number of imidazole rings is 1. The van der Waals surface area contributed by atoms with Gasteiger partial charge in [0.2, 0.25) is 0 Å². The number of methoxy groups -OCH3 is 1. The van der Waals surface area contributed by atoms with Gasteiger partial charge in [-0.3, -0.25) is 0 Å². The monoisotopic (exact) mass is 390 g/mol. The summed E-state index contributed by atoms with van der Waals surface area (Å²) in [7, 11) is 1.33. The van der Waals surface area contributed by atoms with Crippen LogP contribution in [0.5, 0.6) is 0 Å². The Bertz CT molecular complexity index is 1000. The minimum Gasteiger partial charge on any atom is -0.465 e. The summed E-state index contributed by atoms with van der Waals surface area (Å²) in [5.74, 6) is -0.348. The molecule has 0 saturated carbocycles. The number of carbonyl (C=O) groups is 2. The zero-order valence-electron chi connectivity index (χ0n) is 16.4. The topological polar surface area (TPSA) is 70.4 Å². The smallest absolute Gasteiger partial charge is 0.341 e. The number of aromatic nitrogens is 2. The summed E-state index contributed by atoms with van der Waals surface area (Å²) < 4.78 is 11.9. The Kier molecular flexibility index (Phi) is 6.58. The molecule has 0 radical (unpaired) electrons. The minimum atomic E-state index is -0.454. The molecule has 6 nitrogen and oxygen atoms in total. The van der Waals surface area contributed by atoms with E-state index in [2.05, 4.69) is 4.98 Å². The molecule has 0 fully saturated rings. The van der Waals surface area contributed by atoms with E-state index in [-0.39, 0.29) is 6.61 Å². The molecule has 6 heteroatoms. The van der Waals surface area contributed by atoms with Gasteiger partial charge in [0.15, 0.2) is 0 Å². The summed E-state index contributed by atoms with van der Waals surface area (Å²) >= 11 is 0. The van der Waals surface area contributed by atoms with E-state index in [1.54, 1.807) is 43.5 Å². The molecule has 0 N–H and O–H groups in total. The molecule has 0 unspecified atom stereocenters. The van der Waals surface area contributed by atoms with Gasteiger partial charge in [-0.05, 0) is 36.3 Å². The average Bonchev–Trinajstić information content (AvgIpc) is 3.20. The number of carbonyl (C=O) groups excluding carboxylic acids is 2. The summed E-state index contributed by atoms with van der Waals surface area (Å²) in [6.45, 7) is 2.60. The Morgan fingerprint density at radius 1 is 1.07 bits per heavy atom. The first-order valence-electron chi connectivity index (χ1n) is 9.25. The number of esters is 2. The largest absolute Gasteiger partial charge is 0.465 e. The number of rotatable bonds is 7. The first-order chi connectivity index (χ1) is 14.1. The number of hydrogen-bond donors (Lipinski definition) is 0. The second-order valence-electron chi connectivity index (χ2n) is 6.26. The third-order valence-electron chi connectivity index (χ3n) is 4.29. The summed E-state index contributed by atoms with van der Waals surface area (Å²) in [6, 6.07) is 16.7. The van der Waals surface area contributed by atoms with Crippen molar-refractivity contribution in [2.24, 2.45) is 0 Å². The lowest BCUT2D eigenvalue weighted by Gasteiger charge is -2.11. The van der Waals surface area contributed by atoms with Crippen LogP contribution in [0.3, 0.4) is 0 Å². The maximum Gasteiger partial charge on any atom is 0.341 e. The van der Waals surface area contributed by atoms with Crippen molar-refractivity contribution in [1.82, 2.24) is 9.55 Å². The van der Waals surface area contributed by atoms with E-state index >= 15 is 0 Å². The van der Waals surface area contributed by atoms with Gasteiger partial charge >= 0.3 is 11.9 Å². The summed E-state index contributed by atoms with van der Waals surface area (Å²) in [4.78, 5) is 28.7. The molecule has 0 amide bonds. The van der Waals surface area contributed by atoms with Crippen LogP contribution in [0.4, 0.5) is 0 Å². The molecule has 0 aliphatic heterocycles. The van der Waals surface area contributed by atoms with Crippen molar-refractivity contribution in [1.29, 1.82) is 0 Å². The summed E-state index contributed by atoms with van der Waals surface area (Å²) in [5, 5.41) is 0. The van der Waals surface area contributed by atoms with Gasteiger partial charge in [0.05, 0.1) is 19.3 Å². The van der Waals surface area contributed by atoms with Crippen LogP contribution in [0, 0.1) is 0 Å². The van der Waals surface area contributed by atoms with Crippen molar-refractivity contribution in [2.75, 3.05) is 13.7 Å². The molecule has 0 bridgehead atoms. The van der Waals surface area contributed by atoms with E-state index in [1.807, 2.05) is 41.1 Å². The molecule has 3 rings (SSSR count). The fourth-order valence-corrected chi connectivity index (χ4v) is 2.88. The van der Waals surface area contributed by atoms with Crippen LogP contribution in [0.25, 0.3) is 11.6 Å². The molecule has 29 heavy (non-hydrogen) atoms. The van der Waals surface area contributed by atoms with Gasteiger partial charge in [-0.15, -0.1) is 0 Å². The molecule has 0 spiro atoms. The molecule has 0 aliphatic rings. The summed E-state index contributed by atoms with van der Waals surface area (Å²) in [6.07, 6.45) is 5.20. The van der Waals surface area contributed by atoms with E-state index in [0.717, 1.165) is 11.1 Å². The minimum absolute atomic E-state index is 0.261. The second kappa shape index (κ2) is 9.50. The maximum absolute atomic E-state index is 12.7. The predicted molar refractivity (Wildman–Crippen MR) is 110 cm³/mol. The molecule has 0 aliphatic carbocycles. The van der Waals surface area contributed by atoms with Gasteiger partial charge in [0.1, 0.15) is 11.4 Å². The van der Waals surface area contributed by atoms with Crippen molar-refractivity contribution in [3.05, 3.63) is 89.5 Å². The highest BCUT2D eigenvalue weighted by Crippen LogP contribution is 2.20. The normalized spacial score (nSPS) is 11.2. The van der Waals surface area contributed by atoms with E-state index in [9.17, 15) is 9.59 Å². The van der Waals surface area contributed by atoms with Gasteiger partial charge in [-0.2, -0.15) is 0 Å². The van der Waals surface area contributed by atoms with Crippen LogP contribution in [-0.2, 0) is 20.8 Å². The standard InChI is InChI=1S/C23H22N2O4/c1-3-29-23(27)20(15-17-9-11-19(12-10-17)22(26)28-2)21-24-13-14-25(21)16-18-7-5-4-6-8-18/h4-15H,3,16H2,1-2H3/b20-15+. The Labute approximate surface area is 169 Å². The SMILES string of the molecule is CCOC(=O)/C(=C/c1ccc(C(=O)OC)cc1)c1nccn1Cc1ccccc1. The lowest BCUT2D eigenvalue weighted by molar-refractivity contribution is -0.136. The van der Waals surface area contributed by atoms with Crippen LogP contribution >= 0.6 is 0 Å². The Morgan fingerprint density at radius 3 is 2.45 bits per heavy atom. The Morgan fingerprint density at radius 2 is 1.79 bits per heavy atom. The Balaban J connectivity index is 1.96. The van der Waals surface area contributed by atoms with Crippen LogP contribution in [0.2, 0.25) is 0 Å². The number of nitrogens with zero attached hydrogens (tertiary/aromatic N) is 2. The highest BCUT2D eigenvalue weighted by atomic mass is 16.5. The van der Waals surface area contributed by atoms with Crippen LogP contribution in [0.1, 0.15) is 34.2 Å². The van der Waals surface area contributed by atoms with Gasteiger partial charge in [-0.25, -0.2) is 14.6 Å². The molecule has 1 aromatic heterocycles. The molecule has 0 atom stereocenters. The van der Waals surface area contributed by atoms with Crippen molar-refractivity contribution < 1.29 is 19.1 Å². The van der Waals surface area contributed by atoms with E-state index in [4.69, 9.17) is 9.47 Å². The third kappa shape index (κ3) is 4.99. The highest BCUT2D eigenvalue weighted by molar-refractivity contribution is 6.20. The first kappa shape index (κ1) is 20.1. The van der Waals surface area contributed by atoms with Crippen molar-refractivity contribution >= 4 is 23.6 Å². The van der Waals surface area contributed by atoms with Crippen LogP contribution < -0.4 is 0 Å². The van der Waals surface area contributed by atoms with Gasteiger partial charge in [-0.1, -0.05) is 42.5 Å². The van der Waals surface area contributed by atoms with Crippen LogP contribution in [-0.4, -0.2) is 35.2 Å². The molecule has 0 saturated heterocycles. The van der Waals surface area contributed by atoms with E-state index in [0.29, 0.717) is 23.5 Å². The van der Waals surface area contributed by atoms with Crippen molar-refractivity contribution in [2.45, 2.75) is 13.5 Å². The fourth-order valence-electron chi connectivity index (χ4n) is 2.88. The van der Waals surface area contributed by atoms with Crippen LogP contribution in [0.15, 0.2) is 67.0 Å². The van der Waals surface area contributed by atoms with Crippen molar-refractivity contribution in [3.63, 3.8) is 0 Å². The maximum atomic E-state index is 12.7. The van der Waals surface area contributed by atoms with E-state index in [1.165, 1.54) is 7.11 Å². The number of benzene rings is 2. The third-order valence-corrected chi connectivity index (χ3v) is 4.29. The number of hydrogen-bond acceptors (Lipinski definition) is 5. The molecule has 148 valence electrons. The summed E-state index contributed by atoms with van der Waals surface area (Å²) in [5.41, 5.74) is 2.62. The van der Waals surface area contributed by atoms with Gasteiger partial charge in [0.25, 0.3) is 0 Å². The molecule has 1 heterocycles.